The molecular formula is C16H25NO. The van der Waals surface area contributed by atoms with E-state index in [2.05, 4.69) is 43.0 Å². The third-order valence-corrected chi connectivity index (χ3v) is 4.30. The van der Waals surface area contributed by atoms with Gasteiger partial charge in [0.05, 0.1) is 6.61 Å². The topological polar surface area (TPSA) is 35.2 Å². The van der Waals surface area contributed by atoms with Gasteiger partial charge in [-0.25, -0.2) is 5.90 Å². The lowest BCUT2D eigenvalue weighted by atomic mass is 9.71. The van der Waals surface area contributed by atoms with E-state index in [4.69, 9.17) is 5.90 Å². The van der Waals surface area contributed by atoms with E-state index in [0.717, 1.165) is 12.3 Å². The highest BCUT2D eigenvalue weighted by Gasteiger charge is 2.27. The molecule has 2 nitrogen and oxygen atoms in total. The normalized spacial score (nSPS) is 19.9. The van der Waals surface area contributed by atoms with Crippen LogP contribution < -0.4 is 5.90 Å². The molecule has 2 N–H and O–H groups in total. The van der Waals surface area contributed by atoms with Crippen molar-refractivity contribution in [3.8, 4) is 0 Å². The van der Waals surface area contributed by atoms with Crippen molar-refractivity contribution in [2.24, 2.45) is 11.3 Å². The van der Waals surface area contributed by atoms with Gasteiger partial charge in [0.2, 0.25) is 0 Å². The number of hydrogen-bond donors (Lipinski definition) is 1. The van der Waals surface area contributed by atoms with E-state index in [-0.39, 0.29) is 0 Å². The molecule has 0 atom stereocenters. The van der Waals surface area contributed by atoms with Crippen LogP contribution in [0.2, 0.25) is 0 Å². The molecule has 0 spiro atoms. The quantitative estimate of drug-likeness (QED) is 0.821. The molecular weight excluding hydrogens is 222 g/mol. The van der Waals surface area contributed by atoms with Gasteiger partial charge in [0.1, 0.15) is 0 Å². The van der Waals surface area contributed by atoms with Gasteiger partial charge in [-0.1, -0.05) is 38.1 Å². The van der Waals surface area contributed by atoms with Crippen molar-refractivity contribution in [3.05, 3.63) is 35.4 Å². The van der Waals surface area contributed by atoms with Crippen molar-refractivity contribution in [1.82, 2.24) is 0 Å². The van der Waals surface area contributed by atoms with Crippen LogP contribution in [0.1, 0.15) is 56.6 Å². The van der Waals surface area contributed by atoms with Gasteiger partial charge in [0, 0.05) is 0 Å². The van der Waals surface area contributed by atoms with Crippen molar-refractivity contribution in [3.63, 3.8) is 0 Å². The molecule has 0 saturated heterocycles. The summed E-state index contributed by atoms with van der Waals surface area (Å²) in [5.74, 6) is 5.81. The molecule has 0 bridgehead atoms. The van der Waals surface area contributed by atoms with Crippen LogP contribution in [0.3, 0.4) is 0 Å². The van der Waals surface area contributed by atoms with Crippen LogP contribution in [0, 0.1) is 5.41 Å². The van der Waals surface area contributed by atoms with Gasteiger partial charge >= 0.3 is 0 Å². The molecule has 0 aliphatic heterocycles. The fourth-order valence-electron chi connectivity index (χ4n) is 2.87. The molecule has 1 aromatic rings. The van der Waals surface area contributed by atoms with Gasteiger partial charge in [-0.05, 0) is 54.6 Å². The molecule has 1 aliphatic rings. The van der Waals surface area contributed by atoms with Crippen molar-refractivity contribution in [2.45, 2.75) is 51.9 Å². The monoisotopic (exact) mass is 247 g/mol. The molecule has 1 aliphatic carbocycles. The Hall–Kier alpha value is -0.860. The summed E-state index contributed by atoms with van der Waals surface area (Å²) in [6, 6.07) is 9.01. The van der Waals surface area contributed by atoms with Crippen LogP contribution in [0.4, 0.5) is 0 Å². The average molecular weight is 247 g/mol. The van der Waals surface area contributed by atoms with Crippen LogP contribution >= 0.6 is 0 Å². The Morgan fingerprint density at radius 1 is 1.17 bits per heavy atom. The predicted molar refractivity (Wildman–Crippen MR) is 75.3 cm³/mol. The first-order chi connectivity index (χ1) is 8.61. The maximum atomic E-state index is 5.05. The van der Waals surface area contributed by atoms with E-state index in [1.54, 1.807) is 0 Å². The van der Waals surface area contributed by atoms with Crippen molar-refractivity contribution in [1.29, 1.82) is 0 Å². The molecule has 100 valence electrons. The van der Waals surface area contributed by atoms with Gasteiger partial charge < -0.3 is 4.84 Å². The first-order valence-electron chi connectivity index (χ1n) is 7.01. The molecule has 0 radical (unpaired) electrons. The van der Waals surface area contributed by atoms with Crippen molar-refractivity contribution >= 4 is 0 Å². The lowest BCUT2D eigenvalue weighted by Gasteiger charge is -2.34. The summed E-state index contributed by atoms with van der Waals surface area (Å²) in [5.41, 5.74) is 3.36. The van der Waals surface area contributed by atoms with E-state index in [1.165, 1.54) is 36.8 Å². The standard InChI is InChI=1S/C16H25NO/c1-16(2)10-7-15(8-11-16)14-5-3-13(4-6-14)9-12-18-17/h3-6,15H,7-12,17H2,1-2H3. The summed E-state index contributed by atoms with van der Waals surface area (Å²) in [5, 5.41) is 0. The van der Waals surface area contributed by atoms with Crippen molar-refractivity contribution < 1.29 is 4.84 Å². The maximum absolute atomic E-state index is 5.05. The Labute approximate surface area is 110 Å². The van der Waals surface area contributed by atoms with Gasteiger partial charge in [-0.2, -0.15) is 0 Å². The molecule has 1 fully saturated rings. The second kappa shape index (κ2) is 5.85. The highest BCUT2D eigenvalue weighted by molar-refractivity contribution is 5.26. The van der Waals surface area contributed by atoms with Crippen LogP contribution in [-0.4, -0.2) is 6.61 Å². The third-order valence-electron chi connectivity index (χ3n) is 4.30. The van der Waals surface area contributed by atoms with Gasteiger partial charge in [-0.15, -0.1) is 0 Å². The lowest BCUT2D eigenvalue weighted by Crippen LogP contribution is -2.20. The first kappa shape index (κ1) is 13.6. The summed E-state index contributed by atoms with van der Waals surface area (Å²) in [4.78, 5) is 4.62. The molecule has 0 aromatic heterocycles. The van der Waals surface area contributed by atoms with E-state index in [0.29, 0.717) is 12.0 Å². The summed E-state index contributed by atoms with van der Waals surface area (Å²) in [7, 11) is 0. The Balaban J connectivity index is 1.94. The number of nitrogens with two attached hydrogens (primary N) is 1. The highest BCUT2D eigenvalue weighted by atomic mass is 16.6. The minimum absolute atomic E-state index is 0.551. The lowest BCUT2D eigenvalue weighted by molar-refractivity contribution is 0.141. The Kier molecular flexibility index (Phi) is 4.41. The van der Waals surface area contributed by atoms with Gasteiger partial charge in [-0.3, -0.25) is 0 Å². The molecule has 0 heterocycles. The zero-order valence-electron chi connectivity index (χ0n) is 11.6. The smallest absolute Gasteiger partial charge is 0.0719 e. The third kappa shape index (κ3) is 3.56. The number of benzene rings is 1. The van der Waals surface area contributed by atoms with Crippen LogP contribution in [-0.2, 0) is 11.3 Å². The zero-order chi connectivity index (χ0) is 13.0. The van der Waals surface area contributed by atoms with Crippen LogP contribution in [0.15, 0.2) is 24.3 Å². The second-order valence-corrected chi connectivity index (χ2v) is 6.30. The maximum Gasteiger partial charge on any atom is 0.0719 e. The largest absolute Gasteiger partial charge is 0.304 e. The predicted octanol–water partition coefficient (Wildman–Crippen LogP) is 3.80. The Morgan fingerprint density at radius 2 is 1.78 bits per heavy atom. The molecule has 18 heavy (non-hydrogen) atoms. The Morgan fingerprint density at radius 3 is 2.33 bits per heavy atom. The molecule has 0 unspecified atom stereocenters. The minimum Gasteiger partial charge on any atom is -0.304 e. The fraction of sp³-hybridized carbons (Fsp3) is 0.625. The number of rotatable bonds is 4. The van der Waals surface area contributed by atoms with Crippen molar-refractivity contribution in [2.75, 3.05) is 6.61 Å². The van der Waals surface area contributed by atoms with E-state index < -0.39 is 0 Å². The highest BCUT2D eigenvalue weighted by Crippen LogP contribution is 2.42. The van der Waals surface area contributed by atoms with Crippen LogP contribution in [0.25, 0.3) is 0 Å². The Bertz CT molecular complexity index is 359. The van der Waals surface area contributed by atoms with E-state index in [9.17, 15) is 0 Å². The summed E-state index contributed by atoms with van der Waals surface area (Å²) in [6.45, 7) is 5.37. The number of hydrogen-bond acceptors (Lipinski definition) is 2. The molecule has 1 saturated carbocycles. The fourth-order valence-corrected chi connectivity index (χ4v) is 2.87. The first-order valence-corrected chi connectivity index (χ1v) is 7.01. The zero-order valence-corrected chi connectivity index (χ0v) is 11.6. The van der Waals surface area contributed by atoms with Crippen LogP contribution in [0.5, 0.6) is 0 Å². The average Bonchev–Trinajstić information content (AvgIpc) is 2.37. The molecule has 0 amide bonds. The summed E-state index contributed by atoms with van der Waals surface area (Å²) >= 11 is 0. The molecule has 2 heteroatoms. The summed E-state index contributed by atoms with van der Waals surface area (Å²) in [6.07, 6.45) is 6.26. The second-order valence-electron chi connectivity index (χ2n) is 6.30. The summed E-state index contributed by atoms with van der Waals surface area (Å²) < 4.78 is 0. The molecule has 2 rings (SSSR count). The van der Waals surface area contributed by atoms with E-state index in [1.807, 2.05) is 0 Å². The van der Waals surface area contributed by atoms with E-state index >= 15 is 0 Å². The SMILES string of the molecule is CC1(C)CCC(c2ccc(CCON)cc2)CC1. The molecule has 1 aromatic carbocycles. The van der Waals surface area contributed by atoms with Gasteiger partial charge in [0.15, 0.2) is 0 Å². The van der Waals surface area contributed by atoms with Gasteiger partial charge in [0.25, 0.3) is 0 Å². The minimum atomic E-state index is 0.551.